The van der Waals surface area contributed by atoms with Crippen molar-refractivity contribution in [2.45, 2.75) is 33.0 Å². The Labute approximate surface area is 128 Å². The van der Waals surface area contributed by atoms with Gasteiger partial charge in [-0.15, -0.1) is 0 Å². The molecular weight excluding hydrogens is 292 g/mol. The number of carbonyl (C=O) groups is 1. The molecule has 0 heterocycles. The fraction of sp³-hybridized carbons (Fsp3) is 0.438. The minimum absolute atomic E-state index is 0.0632. The van der Waals surface area contributed by atoms with Gasteiger partial charge in [-0.3, -0.25) is 4.79 Å². The molecule has 0 bridgehead atoms. The van der Waals surface area contributed by atoms with Crippen LogP contribution in [0.5, 0.6) is 5.75 Å². The fourth-order valence-corrected chi connectivity index (χ4v) is 1.67. The predicted octanol–water partition coefficient (Wildman–Crippen LogP) is 2.82. The highest BCUT2D eigenvalue weighted by Crippen LogP contribution is 2.15. The molecular formula is C16H21F2NO3. The van der Waals surface area contributed by atoms with Crippen LogP contribution in [0.15, 0.2) is 30.3 Å². The first-order chi connectivity index (χ1) is 10.4. The quantitative estimate of drug-likeness (QED) is 0.726. The van der Waals surface area contributed by atoms with Gasteiger partial charge in [-0.05, 0) is 29.7 Å². The number of hydrogen-bond acceptors (Lipinski definition) is 3. The topological polar surface area (TPSA) is 58.6 Å². The maximum Gasteiger partial charge on any atom is 0.387 e. The Morgan fingerprint density at radius 1 is 1.36 bits per heavy atom. The molecule has 4 nitrogen and oxygen atoms in total. The molecule has 1 amide bonds. The van der Waals surface area contributed by atoms with E-state index in [2.05, 4.69) is 10.1 Å². The molecule has 2 atom stereocenters. The summed E-state index contributed by atoms with van der Waals surface area (Å²) in [5, 5.41) is 12.3. The van der Waals surface area contributed by atoms with Gasteiger partial charge in [0.2, 0.25) is 5.91 Å². The van der Waals surface area contributed by atoms with Crippen molar-refractivity contribution in [2.24, 2.45) is 5.92 Å². The van der Waals surface area contributed by atoms with Crippen LogP contribution < -0.4 is 10.1 Å². The van der Waals surface area contributed by atoms with Crippen molar-refractivity contribution in [3.05, 3.63) is 35.9 Å². The molecule has 0 spiro atoms. The third kappa shape index (κ3) is 6.67. The first kappa shape index (κ1) is 18.1. The summed E-state index contributed by atoms with van der Waals surface area (Å²) in [7, 11) is 0. The van der Waals surface area contributed by atoms with Crippen LogP contribution in [0.25, 0.3) is 6.08 Å². The molecule has 0 aliphatic carbocycles. The highest BCUT2D eigenvalue weighted by atomic mass is 19.3. The zero-order valence-electron chi connectivity index (χ0n) is 12.6. The number of halogens is 2. The zero-order valence-corrected chi connectivity index (χ0v) is 12.6. The van der Waals surface area contributed by atoms with E-state index in [-0.39, 0.29) is 24.1 Å². The van der Waals surface area contributed by atoms with Crippen LogP contribution in [0.4, 0.5) is 8.78 Å². The molecule has 0 aliphatic rings. The van der Waals surface area contributed by atoms with Crippen molar-refractivity contribution in [3.8, 4) is 5.75 Å². The fourth-order valence-electron chi connectivity index (χ4n) is 1.67. The van der Waals surface area contributed by atoms with Crippen molar-refractivity contribution in [2.75, 3.05) is 6.54 Å². The monoisotopic (exact) mass is 313 g/mol. The van der Waals surface area contributed by atoms with E-state index in [0.717, 1.165) is 6.42 Å². The van der Waals surface area contributed by atoms with Crippen LogP contribution in [-0.2, 0) is 4.79 Å². The SMILES string of the molecule is CCC(C)C(O)CNC(=O)/C=C/c1ccc(OC(F)F)cc1. The molecule has 0 saturated heterocycles. The summed E-state index contributed by atoms with van der Waals surface area (Å²) in [6, 6.07) is 5.93. The molecule has 0 aromatic heterocycles. The highest BCUT2D eigenvalue weighted by Gasteiger charge is 2.12. The number of benzene rings is 1. The molecule has 0 aliphatic heterocycles. The highest BCUT2D eigenvalue weighted by molar-refractivity contribution is 5.91. The van der Waals surface area contributed by atoms with Crippen LogP contribution in [0.2, 0.25) is 0 Å². The largest absolute Gasteiger partial charge is 0.435 e. The molecule has 1 aromatic rings. The minimum atomic E-state index is -2.86. The Balaban J connectivity index is 2.45. The van der Waals surface area contributed by atoms with E-state index < -0.39 is 12.7 Å². The lowest BCUT2D eigenvalue weighted by atomic mass is 10.0. The second kappa shape index (κ2) is 9.15. The van der Waals surface area contributed by atoms with Crippen LogP contribution in [0.1, 0.15) is 25.8 Å². The van der Waals surface area contributed by atoms with E-state index in [9.17, 15) is 18.7 Å². The number of aliphatic hydroxyl groups is 1. The van der Waals surface area contributed by atoms with Crippen molar-refractivity contribution >= 4 is 12.0 Å². The summed E-state index contributed by atoms with van der Waals surface area (Å²) in [4.78, 5) is 11.6. The number of aliphatic hydroxyl groups excluding tert-OH is 1. The molecule has 0 saturated carbocycles. The van der Waals surface area contributed by atoms with Gasteiger partial charge in [-0.1, -0.05) is 32.4 Å². The first-order valence-electron chi connectivity index (χ1n) is 7.11. The number of ether oxygens (including phenoxy) is 1. The van der Waals surface area contributed by atoms with Crippen LogP contribution >= 0.6 is 0 Å². The number of alkyl halides is 2. The lowest BCUT2D eigenvalue weighted by Crippen LogP contribution is -2.34. The van der Waals surface area contributed by atoms with Gasteiger partial charge in [0.25, 0.3) is 0 Å². The molecule has 2 N–H and O–H groups in total. The van der Waals surface area contributed by atoms with Crippen molar-refractivity contribution in [3.63, 3.8) is 0 Å². The molecule has 6 heteroatoms. The average molecular weight is 313 g/mol. The number of nitrogens with one attached hydrogen (secondary N) is 1. The average Bonchev–Trinajstić information content (AvgIpc) is 2.50. The van der Waals surface area contributed by atoms with E-state index in [1.165, 1.54) is 18.2 Å². The van der Waals surface area contributed by atoms with Gasteiger partial charge in [-0.2, -0.15) is 8.78 Å². The number of rotatable bonds is 8. The van der Waals surface area contributed by atoms with Crippen molar-refractivity contribution in [1.29, 1.82) is 0 Å². The summed E-state index contributed by atoms with van der Waals surface area (Å²) in [6.07, 6.45) is 3.14. The van der Waals surface area contributed by atoms with E-state index in [0.29, 0.717) is 5.56 Å². The Hall–Kier alpha value is -1.95. The van der Waals surface area contributed by atoms with Gasteiger partial charge < -0.3 is 15.2 Å². The Kier molecular flexibility index (Phi) is 7.52. The molecule has 1 aromatic carbocycles. The first-order valence-corrected chi connectivity index (χ1v) is 7.11. The summed E-state index contributed by atoms with van der Waals surface area (Å²) in [5.41, 5.74) is 0.680. The summed E-state index contributed by atoms with van der Waals surface area (Å²) >= 11 is 0. The second-order valence-corrected chi connectivity index (χ2v) is 4.98. The predicted molar refractivity (Wildman–Crippen MR) is 80.6 cm³/mol. The van der Waals surface area contributed by atoms with Crippen LogP contribution in [-0.4, -0.2) is 30.3 Å². The summed E-state index contributed by atoms with van der Waals surface area (Å²) in [6.45, 7) is 1.22. The molecule has 2 unspecified atom stereocenters. The van der Waals surface area contributed by atoms with Gasteiger partial charge in [0.05, 0.1) is 6.10 Å². The van der Waals surface area contributed by atoms with Crippen LogP contribution in [0.3, 0.4) is 0 Å². The Morgan fingerprint density at radius 2 is 2.00 bits per heavy atom. The molecule has 0 fully saturated rings. The van der Waals surface area contributed by atoms with Gasteiger partial charge in [-0.25, -0.2) is 0 Å². The van der Waals surface area contributed by atoms with E-state index in [4.69, 9.17) is 0 Å². The van der Waals surface area contributed by atoms with Crippen molar-refractivity contribution in [1.82, 2.24) is 5.32 Å². The van der Waals surface area contributed by atoms with Gasteiger partial charge in [0.1, 0.15) is 5.75 Å². The standard InChI is InChI=1S/C16H21F2NO3/c1-3-11(2)14(20)10-19-15(21)9-6-12-4-7-13(8-5-12)22-16(17)18/h4-9,11,14,16,20H,3,10H2,1-2H3,(H,19,21)/b9-6+. The lowest BCUT2D eigenvalue weighted by molar-refractivity contribution is -0.117. The minimum Gasteiger partial charge on any atom is -0.435 e. The summed E-state index contributed by atoms with van der Waals surface area (Å²) < 4.78 is 28.2. The third-order valence-electron chi connectivity index (χ3n) is 3.32. The van der Waals surface area contributed by atoms with Gasteiger partial charge in [0.15, 0.2) is 0 Å². The van der Waals surface area contributed by atoms with E-state index in [1.54, 1.807) is 18.2 Å². The molecule has 122 valence electrons. The number of hydrogen-bond donors (Lipinski definition) is 2. The van der Waals surface area contributed by atoms with Crippen molar-refractivity contribution < 1.29 is 23.4 Å². The van der Waals surface area contributed by atoms with Gasteiger partial charge >= 0.3 is 6.61 Å². The molecule has 0 radical (unpaired) electrons. The smallest absolute Gasteiger partial charge is 0.387 e. The third-order valence-corrected chi connectivity index (χ3v) is 3.32. The summed E-state index contributed by atoms with van der Waals surface area (Å²) in [5.74, 6) is -0.143. The van der Waals surface area contributed by atoms with E-state index in [1.807, 2.05) is 13.8 Å². The van der Waals surface area contributed by atoms with E-state index >= 15 is 0 Å². The Morgan fingerprint density at radius 3 is 2.55 bits per heavy atom. The normalized spacial score (nSPS) is 14.1. The Bertz CT molecular complexity index is 489. The molecule has 22 heavy (non-hydrogen) atoms. The number of carbonyl (C=O) groups excluding carboxylic acids is 1. The maximum atomic E-state index is 12.0. The lowest BCUT2D eigenvalue weighted by Gasteiger charge is -2.16. The number of amides is 1. The zero-order chi connectivity index (χ0) is 16.5. The maximum absolute atomic E-state index is 12.0. The molecule has 1 rings (SSSR count). The van der Waals surface area contributed by atoms with Gasteiger partial charge in [0, 0.05) is 12.6 Å². The van der Waals surface area contributed by atoms with Crippen LogP contribution in [0, 0.1) is 5.92 Å². The second-order valence-electron chi connectivity index (χ2n) is 4.98.